The molecule has 0 N–H and O–H groups in total. The minimum atomic E-state index is -0.244. The number of ketones is 2. The molecule has 21 heavy (non-hydrogen) atoms. The van der Waals surface area contributed by atoms with E-state index in [1.54, 1.807) is 31.2 Å². The maximum absolute atomic E-state index is 12.6. The Morgan fingerprint density at radius 1 is 0.905 bits per heavy atom. The molecule has 2 aromatic rings. The second-order valence-electron chi connectivity index (χ2n) is 5.47. The monoisotopic (exact) mass is 298 g/mol. The first-order valence-electron chi connectivity index (χ1n) is 6.95. The fraction of sp³-hybridized carbons (Fsp3) is 0.222. The van der Waals surface area contributed by atoms with Crippen LogP contribution < -0.4 is 0 Å². The van der Waals surface area contributed by atoms with Crippen molar-refractivity contribution in [2.45, 2.75) is 12.8 Å². The fourth-order valence-corrected chi connectivity index (χ4v) is 3.17. The molecule has 0 bridgehead atoms. The van der Waals surface area contributed by atoms with Gasteiger partial charge in [0.2, 0.25) is 0 Å². The molecule has 1 fully saturated rings. The number of halogens is 1. The summed E-state index contributed by atoms with van der Waals surface area (Å²) in [5, 5.41) is 0.602. The van der Waals surface area contributed by atoms with E-state index in [1.807, 2.05) is 30.3 Å². The van der Waals surface area contributed by atoms with Gasteiger partial charge in [-0.25, -0.2) is 0 Å². The third-order valence-electron chi connectivity index (χ3n) is 4.11. The van der Waals surface area contributed by atoms with Gasteiger partial charge in [0.25, 0.3) is 0 Å². The van der Waals surface area contributed by atoms with E-state index in [2.05, 4.69) is 0 Å². The molecule has 0 spiro atoms. The minimum absolute atomic E-state index is 0.00637. The Morgan fingerprint density at radius 3 is 2.10 bits per heavy atom. The Bertz CT molecular complexity index is 676. The van der Waals surface area contributed by atoms with Crippen LogP contribution in [0.15, 0.2) is 54.6 Å². The van der Waals surface area contributed by atoms with Crippen molar-refractivity contribution in [3.05, 3.63) is 70.7 Å². The second-order valence-corrected chi connectivity index (χ2v) is 5.91. The van der Waals surface area contributed by atoms with Gasteiger partial charge in [0.15, 0.2) is 5.78 Å². The summed E-state index contributed by atoms with van der Waals surface area (Å²) in [5.41, 5.74) is 1.68. The lowest BCUT2D eigenvalue weighted by Crippen LogP contribution is -2.06. The molecule has 106 valence electrons. The first-order valence-corrected chi connectivity index (χ1v) is 7.32. The highest BCUT2D eigenvalue weighted by Gasteiger charge is 2.57. The average molecular weight is 299 g/mol. The van der Waals surface area contributed by atoms with Crippen LogP contribution >= 0.6 is 11.6 Å². The lowest BCUT2D eigenvalue weighted by atomic mass is 10.0. The quantitative estimate of drug-likeness (QED) is 0.795. The smallest absolute Gasteiger partial charge is 0.167 e. The molecular weight excluding hydrogens is 284 g/mol. The number of hydrogen-bond acceptors (Lipinski definition) is 2. The molecule has 3 heteroatoms. The zero-order valence-electron chi connectivity index (χ0n) is 11.6. The summed E-state index contributed by atoms with van der Waals surface area (Å²) in [5.74, 6) is -0.328. The standard InChI is InChI=1S/C18H15ClO2/c1-11(20)15-16(12-5-3-2-4-6-12)17(15)18(21)13-7-9-14(19)10-8-13/h2-10,15-17H,1H3/t15-,16-,17-/m0/s1. The van der Waals surface area contributed by atoms with Crippen molar-refractivity contribution >= 4 is 23.2 Å². The third-order valence-corrected chi connectivity index (χ3v) is 4.36. The summed E-state index contributed by atoms with van der Waals surface area (Å²) in [7, 11) is 0. The summed E-state index contributed by atoms with van der Waals surface area (Å²) in [6.07, 6.45) is 0. The highest BCUT2D eigenvalue weighted by molar-refractivity contribution is 6.30. The van der Waals surface area contributed by atoms with Gasteiger partial charge >= 0.3 is 0 Å². The van der Waals surface area contributed by atoms with Crippen molar-refractivity contribution in [3.63, 3.8) is 0 Å². The lowest BCUT2D eigenvalue weighted by molar-refractivity contribution is -0.118. The molecule has 0 aromatic heterocycles. The Morgan fingerprint density at radius 2 is 1.52 bits per heavy atom. The number of benzene rings is 2. The van der Waals surface area contributed by atoms with E-state index >= 15 is 0 Å². The summed E-state index contributed by atoms with van der Waals surface area (Å²) in [6, 6.07) is 16.6. The number of Topliss-reactive ketones (excluding diaryl/α,β-unsaturated/α-hetero) is 2. The van der Waals surface area contributed by atoms with Crippen LogP contribution in [-0.2, 0) is 4.79 Å². The zero-order chi connectivity index (χ0) is 15.0. The van der Waals surface area contributed by atoms with Gasteiger partial charge in [-0.05, 0) is 36.8 Å². The zero-order valence-corrected chi connectivity index (χ0v) is 12.4. The van der Waals surface area contributed by atoms with Crippen LogP contribution in [0.1, 0.15) is 28.8 Å². The van der Waals surface area contributed by atoms with Gasteiger partial charge in [-0.15, -0.1) is 0 Å². The molecule has 3 rings (SSSR count). The van der Waals surface area contributed by atoms with Crippen LogP contribution in [0.5, 0.6) is 0 Å². The Kier molecular flexibility index (Phi) is 3.64. The van der Waals surface area contributed by atoms with Crippen LogP contribution in [0.4, 0.5) is 0 Å². The maximum Gasteiger partial charge on any atom is 0.167 e. The first-order chi connectivity index (χ1) is 10.1. The van der Waals surface area contributed by atoms with Crippen LogP contribution in [0, 0.1) is 11.8 Å². The van der Waals surface area contributed by atoms with E-state index in [4.69, 9.17) is 11.6 Å². The normalized spacial score (nSPS) is 23.6. The van der Waals surface area contributed by atoms with Gasteiger partial charge in [-0.2, -0.15) is 0 Å². The second kappa shape index (κ2) is 5.45. The summed E-state index contributed by atoms with van der Waals surface area (Å²) in [4.78, 5) is 24.4. The van der Waals surface area contributed by atoms with E-state index in [9.17, 15) is 9.59 Å². The Labute approximate surface area is 128 Å². The Hall–Kier alpha value is -1.93. The SMILES string of the molecule is CC(=O)[C@@H]1[C@H](C(=O)c2ccc(Cl)cc2)[C@H]1c1ccccc1. The van der Waals surface area contributed by atoms with Crippen molar-refractivity contribution in [2.24, 2.45) is 11.8 Å². The van der Waals surface area contributed by atoms with Crippen LogP contribution in [-0.4, -0.2) is 11.6 Å². The summed E-state index contributed by atoms with van der Waals surface area (Å²) < 4.78 is 0. The number of hydrogen-bond donors (Lipinski definition) is 0. The largest absolute Gasteiger partial charge is 0.300 e. The molecule has 0 unspecified atom stereocenters. The topological polar surface area (TPSA) is 34.1 Å². The van der Waals surface area contributed by atoms with Crippen molar-refractivity contribution in [2.75, 3.05) is 0 Å². The molecule has 1 aliphatic carbocycles. The van der Waals surface area contributed by atoms with E-state index < -0.39 is 0 Å². The highest BCUT2D eigenvalue weighted by atomic mass is 35.5. The molecule has 2 nitrogen and oxygen atoms in total. The van der Waals surface area contributed by atoms with E-state index in [0.717, 1.165) is 5.56 Å². The van der Waals surface area contributed by atoms with Gasteiger partial charge in [-0.3, -0.25) is 9.59 Å². The van der Waals surface area contributed by atoms with Crippen LogP contribution in [0.3, 0.4) is 0 Å². The molecular formula is C18H15ClO2. The molecule has 1 saturated carbocycles. The molecule has 0 heterocycles. The summed E-state index contributed by atoms with van der Waals surface area (Å²) >= 11 is 5.85. The predicted molar refractivity (Wildman–Crippen MR) is 82.6 cm³/mol. The molecule has 0 aliphatic heterocycles. The van der Waals surface area contributed by atoms with Crippen molar-refractivity contribution in [3.8, 4) is 0 Å². The molecule has 2 aromatic carbocycles. The van der Waals surface area contributed by atoms with E-state index in [1.165, 1.54) is 0 Å². The van der Waals surface area contributed by atoms with Gasteiger partial charge in [0.1, 0.15) is 5.78 Å². The van der Waals surface area contributed by atoms with Gasteiger partial charge in [-0.1, -0.05) is 41.9 Å². The first kappa shape index (κ1) is 14.0. The molecule has 3 atom stereocenters. The molecule has 0 saturated heterocycles. The van der Waals surface area contributed by atoms with Crippen molar-refractivity contribution in [1.82, 2.24) is 0 Å². The molecule has 0 radical (unpaired) electrons. The maximum atomic E-state index is 12.6. The molecule has 0 amide bonds. The number of carbonyl (C=O) groups excluding carboxylic acids is 2. The van der Waals surface area contributed by atoms with E-state index in [0.29, 0.717) is 10.6 Å². The van der Waals surface area contributed by atoms with Crippen molar-refractivity contribution < 1.29 is 9.59 Å². The predicted octanol–water partition coefficient (Wildman–Crippen LogP) is 4.14. The van der Waals surface area contributed by atoms with Crippen LogP contribution in [0.25, 0.3) is 0 Å². The molecule has 1 aliphatic rings. The van der Waals surface area contributed by atoms with E-state index in [-0.39, 0.29) is 29.3 Å². The lowest BCUT2D eigenvalue weighted by Gasteiger charge is -2.01. The minimum Gasteiger partial charge on any atom is -0.300 e. The number of carbonyl (C=O) groups is 2. The average Bonchev–Trinajstić information content (AvgIpc) is 3.24. The van der Waals surface area contributed by atoms with Crippen molar-refractivity contribution in [1.29, 1.82) is 0 Å². The van der Waals surface area contributed by atoms with Crippen LogP contribution in [0.2, 0.25) is 5.02 Å². The Balaban J connectivity index is 1.88. The fourth-order valence-electron chi connectivity index (χ4n) is 3.04. The number of rotatable bonds is 4. The van der Waals surface area contributed by atoms with Gasteiger partial charge < -0.3 is 0 Å². The van der Waals surface area contributed by atoms with Gasteiger partial charge in [0.05, 0.1) is 0 Å². The summed E-state index contributed by atoms with van der Waals surface area (Å²) in [6.45, 7) is 1.57. The van der Waals surface area contributed by atoms with Gasteiger partial charge in [0, 0.05) is 28.3 Å². The third kappa shape index (κ3) is 2.64. The highest BCUT2D eigenvalue weighted by Crippen LogP contribution is 2.55.